The Labute approximate surface area is 128 Å². The summed E-state index contributed by atoms with van der Waals surface area (Å²) in [4.78, 5) is 32.3. The van der Waals surface area contributed by atoms with E-state index in [2.05, 4.69) is 9.97 Å². The Morgan fingerprint density at radius 1 is 1.27 bits per heavy atom. The van der Waals surface area contributed by atoms with Crippen molar-refractivity contribution in [2.45, 2.75) is 13.8 Å². The van der Waals surface area contributed by atoms with E-state index in [1.54, 1.807) is 13.8 Å². The fourth-order valence-corrected chi connectivity index (χ4v) is 2.17. The van der Waals surface area contributed by atoms with Gasteiger partial charge < -0.3 is 14.6 Å². The number of aryl methyl sites for hydroxylation is 1. The Bertz CT molecular complexity index is 733. The molecule has 0 aliphatic carbocycles. The van der Waals surface area contributed by atoms with Crippen molar-refractivity contribution in [3.63, 3.8) is 0 Å². The Morgan fingerprint density at radius 2 is 1.91 bits per heavy atom. The molecule has 2 aromatic rings. The molecule has 0 unspecified atom stereocenters. The van der Waals surface area contributed by atoms with E-state index in [9.17, 15) is 9.59 Å². The summed E-state index contributed by atoms with van der Waals surface area (Å²) in [5.41, 5.74) is 2.30. The predicted octanol–water partition coefficient (Wildman–Crippen LogP) is 1.99. The van der Waals surface area contributed by atoms with Crippen molar-refractivity contribution in [1.29, 1.82) is 0 Å². The van der Waals surface area contributed by atoms with Gasteiger partial charge >= 0.3 is 11.7 Å². The fourth-order valence-electron chi connectivity index (χ4n) is 2.17. The smallest absolute Gasteiger partial charge is 0.345 e. The molecule has 22 heavy (non-hydrogen) atoms. The monoisotopic (exact) mass is 301 g/mol. The number of carbonyl (C=O) groups excluding carboxylic acids is 1. The highest BCUT2D eigenvalue weighted by Gasteiger charge is 2.19. The molecular formula is C16H19N3O3. The lowest BCUT2D eigenvalue weighted by Crippen LogP contribution is -2.19. The minimum absolute atomic E-state index is 0.260. The molecule has 6 nitrogen and oxygen atoms in total. The minimum atomic E-state index is -0.490. The van der Waals surface area contributed by atoms with E-state index in [-0.39, 0.29) is 6.61 Å². The second-order valence-corrected chi connectivity index (χ2v) is 5.05. The molecule has 1 heterocycles. The Hall–Kier alpha value is -2.63. The minimum Gasteiger partial charge on any atom is -0.462 e. The molecule has 0 aliphatic rings. The molecule has 0 amide bonds. The number of hydrogen-bond donors (Lipinski definition) is 1. The van der Waals surface area contributed by atoms with E-state index in [4.69, 9.17) is 4.74 Å². The van der Waals surface area contributed by atoms with Crippen LogP contribution < -0.4 is 10.6 Å². The first-order chi connectivity index (χ1) is 10.4. The number of hydrogen-bond acceptors (Lipinski definition) is 5. The second kappa shape index (κ2) is 6.43. The summed E-state index contributed by atoms with van der Waals surface area (Å²) < 4.78 is 5.06. The quantitative estimate of drug-likeness (QED) is 0.874. The van der Waals surface area contributed by atoms with Crippen LogP contribution in [0.4, 0.5) is 5.69 Å². The first-order valence-electron chi connectivity index (χ1n) is 6.99. The van der Waals surface area contributed by atoms with Crippen LogP contribution in [-0.2, 0) is 4.74 Å². The van der Waals surface area contributed by atoms with Gasteiger partial charge in [-0.15, -0.1) is 0 Å². The number of aromatic nitrogens is 2. The van der Waals surface area contributed by atoms with E-state index in [1.807, 2.05) is 43.3 Å². The average Bonchev–Trinajstić information content (AvgIpc) is 2.46. The molecule has 0 saturated heterocycles. The maximum atomic E-state index is 12.2. The van der Waals surface area contributed by atoms with E-state index < -0.39 is 11.7 Å². The third kappa shape index (κ3) is 3.16. The molecule has 0 spiro atoms. The zero-order valence-corrected chi connectivity index (χ0v) is 13.1. The summed E-state index contributed by atoms with van der Waals surface area (Å²) in [6.07, 6.45) is 0. The highest BCUT2D eigenvalue weighted by atomic mass is 16.5. The Balaban J connectivity index is 2.58. The lowest BCUT2D eigenvalue weighted by molar-refractivity contribution is 0.0525. The molecule has 0 aliphatic heterocycles. The van der Waals surface area contributed by atoms with Crippen LogP contribution in [0.25, 0.3) is 11.3 Å². The number of anilines is 1. The van der Waals surface area contributed by atoms with Crippen LogP contribution in [0.2, 0.25) is 0 Å². The van der Waals surface area contributed by atoms with Crippen LogP contribution >= 0.6 is 0 Å². The molecule has 0 fully saturated rings. The third-order valence-electron chi connectivity index (χ3n) is 3.26. The van der Waals surface area contributed by atoms with Gasteiger partial charge in [0, 0.05) is 31.0 Å². The van der Waals surface area contributed by atoms with Crippen LogP contribution in [0.3, 0.4) is 0 Å². The maximum Gasteiger partial charge on any atom is 0.345 e. The SMILES string of the molecule is CCOC(=O)c1c(-c2ccc(N(C)C)cc2)nc(=O)[nH]c1C. The number of rotatable bonds is 4. The molecule has 0 atom stereocenters. The van der Waals surface area contributed by atoms with Crippen LogP contribution in [0.1, 0.15) is 23.0 Å². The number of H-pyrrole nitrogens is 1. The van der Waals surface area contributed by atoms with E-state index in [1.165, 1.54) is 0 Å². The highest BCUT2D eigenvalue weighted by Crippen LogP contribution is 2.25. The van der Waals surface area contributed by atoms with Crippen molar-refractivity contribution >= 4 is 11.7 Å². The zero-order chi connectivity index (χ0) is 16.3. The van der Waals surface area contributed by atoms with Gasteiger partial charge in [-0.2, -0.15) is 4.98 Å². The molecule has 2 rings (SSSR count). The molecule has 0 bridgehead atoms. The normalized spacial score (nSPS) is 10.4. The van der Waals surface area contributed by atoms with Crippen LogP contribution in [0.15, 0.2) is 29.1 Å². The summed E-state index contributed by atoms with van der Waals surface area (Å²) in [6.45, 7) is 3.65. The lowest BCUT2D eigenvalue weighted by Gasteiger charge is -2.14. The summed E-state index contributed by atoms with van der Waals surface area (Å²) >= 11 is 0. The van der Waals surface area contributed by atoms with Gasteiger partial charge in [0.05, 0.1) is 12.3 Å². The zero-order valence-electron chi connectivity index (χ0n) is 13.1. The van der Waals surface area contributed by atoms with Gasteiger partial charge in [-0.25, -0.2) is 9.59 Å². The summed E-state index contributed by atoms with van der Waals surface area (Å²) in [6, 6.07) is 7.48. The first-order valence-corrected chi connectivity index (χ1v) is 6.99. The molecular weight excluding hydrogens is 282 g/mol. The third-order valence-corrected chi connectivity index (χ3v) is 3.26. The number of aromatic amines is 1. The molecule has 6 heteroatoms. The van der Waals surface area contributed by atoms with E-state index in [0.717, 1.165) is 5.69 Å². The van der Waals surface area contributed by atoms with Crippen LogP contribution in [0.5, 0.6) is 0 Å². The number of benzene rings is 1. The van der Waals surface area contributed by atoms with Gasteiger partial charge in [-0.3, -0.25) is 0 Å². The van der Waals surface area contributed by atoms with Crippen molar-refractivity contribution in [1.82, 2.24) is 9.97 Å². The molecule has 1 aromatic heterocycles. The number of nitrogens with zero attached hydrogens (tertiary/aromatic N) is 2. The molecule has 0 radical (unpaired) electrons. The Morgan fingerprint density at radius 3 is 2.45 bits per heavy atom. The van der Waals surface area contributed by atoms with Gasteiger partial charge in [-0.05, 0) is 26.0 Å². The molecule has 0 saturated carbocycles. The Kier molecular flexibility index (Phi) is 4.60. The van der Waals surface area contributed by atoms with Crippen molar-refractivity contribution in [2.75, 3.05) is 25.6 Å². The van der Waals surface area contributed by atoms with Crippen LogP contribution in [0, 0.1) is 6.92 Å². The average molecular weight is 301 g/mol. The van der Waals surface area contributed by atoms with Gasteiger partial charge in [0.1, 0.15) is 5.56 Å². The van der Waals surface area contributed by atoms with Gasteiger partial charge in [0.2, 0.25) is 0 Å². The van der Waals surface area contributed by atoms with Crippen molar-refractivity contribution in [3.05, 3.63) is 46.0 Å². The van der Waals surface area contributed by atoms with Crippen molar-refractivity contribution in [2.24, 2.45) is 0 Å². The second-order valence-electron chi connectivity index (χ2n) is 5.05. The van der Waals surface area contributed by atoms with E-state index >= 15 is 0 Å². The fraction of sp³-hybridized carbons (Fsp3) is 0.312. The number of esters is 1. The van der Waals surface area contributed by atoms with Crippen molar-refractivity contribution < 1.29 is 9.53 Å². The largest absolute Gasteiger partial charge is 0.462 e. The van der Waals surface area contributed by atoms with Gasteiger partial charge in [0.15, 0.2) is 0 Å². The molecule has 116 valence electrons. The van der Waals surface area contributed by atoms with Crippen molar-refractivity contribution in [3.8, 4) is 11.3 Å². The molecule has 1 N–H and O–H groups in total. The molecule has 1 aromatic carbocycles. The number of carbonyl (C=O) groups is 1. The number of nitrogens with one attached hydrogen (secondary N) is 1. The topological polar surface area (TPSA) is 75.3 Å². The van der Waals surface area contributed by atoms with E-state index in [0.29, 0.717) is 22.5 Å². The summed E-state index contributed by atoms with van der Waals surface area (Å²) in [5.74, 6) is -0.490. The van der Waals surface area contributed by atoms with Crippen LogP contribution in [-0.4, -0.2) is 36.6 Å². The first kappa shape index (κ1) is 15.8. The van der Waals surface area contributed by atoms with Gasteiger partial charge in [0.25, 0.3) is 0 Å². The summed E-state index contributed by atoms with van der Waals surface area (Å²) in [7, 11) is 3.88. The number of ether oxygens (including phenoxy) is 1. The highest BCUT2D eigenvalue weighted by molar-refractivity contribution is 5.97. The summed E-state index contributed by atoms with van der Waals surface area (Å²) in [5, 5.41) is 0. The lowest BCUT2D eigenvalue weighted by atomic mass is 10.0. The maximum absolute atomic E-state index is 12.2. The predicted molar refractivity (Wildman–Crippen MR) is 85.3 cm³/mol. The van der Waals surface area contributed by atoms with Gasteiger partial charge in [-0.1, -0.05) is 12.1 Å². The standard InChI is InChI=1S/C16H19N3O3/c1-5-22-15(20)13-10(2)17-16(21)18-14(13)11-6-8-12(9-7-11)19(3)4/h6-9H,5H2,1-4H3,(H,17,18,21).